The van der Waals surface area contributed by atoms with Gasteiger partial charge in [0.2, 0.25) is 0 Å². The van der Waals surface area contributed by atoms with E-state index in [4.69, 9.17) is 5.73 Å². The van der Waals surface area contributed by atoms with Gasteiger partial charge in [-0.05, 0) is 0 Å². The van der Waals surface area contributed by atoms with Gasteiger partial charge in [-0.15, -0.1) is 0 Å². The van der Waals surface area contributed by atoms with Gasteiger partial charge in [0.1, 0.15) is 0 Å². The van der Waals surface area contributed by atoms with E-state index in [1.807, 2.05) is 50.1 Å². The van der Waals surface area contributed by atoms with E-state index in [2.05, 4.69) is 0 Å². The first-order valence-electron chi connectivity index (χ1n) is 5.15. The Hall–Kier alpha value is -1.90. The molecule has 2 rings (SSSR count). The summed E-state index contributed by atoms with van der Waals surface area (Å²) < 4.78 is 0. The zero-order valence-corrected chi connectivity index (χ0v) is 9.10. The number of amides is 1. The zero-order valence-electron chi connectivity index (χ0n) is 9.10. The van der Waals surface area contributed by atoms with Gasteiger partial charge in [-0.1, -0.05) is 0 Å². The molecule has 3 heteroatoms. The molecule has 1 heterocycles. The molecule has 2 N–H and O–H groups in total. The summed E-state index contributed by atoms with van der Waals surface area (Å²) in [4.78, 5) is 11.2. The summed E-state index contributed by atoms with van der Waals surface area (Å²) in [7, 11) is 0. The van der Waals surface area contributed by atoms with E-state index in [-0.39, 0.29) is 5.91 Å². The van der Waals surface area contributed by atoms with Gasteiger partial charge < -0.3 is 0 Å². The number of rotatable bonds is 2. The number of carbonyl (C=O) groups is 1. The Kier molecular flexibility index (Phi) is 2.86. The van der Waals surface area contributed by atoms with Crippen LogP contribution in [-0.4, -0.2) is 12.8 Å². The molecular weight excluding hydrogens is 197 g/mol. The minimum absolute atomic E-state index is 0.379. The quantitative estimate of drug-likeness (QED) is 0.808. The molecule has 0 spiro atoms. The van der Waals surface area contributed by atoms with Gasteiger partial charge in [-0.2, -0.15) is 0 Å². The summed E-state index contributed by atoms with van der Waals surface area (Å²) in [6.45, 7) is 3.94. The van der Waals surface area contributed by atoms with Crippen LogP contribution in [0, 0.1) is 6.92 Å². The van der Waals surface area contributed by atoms with Crippen molar-refractivity contribution in [2.45, 2.75) is 6.92 Å². The predicted molar refractivity (Wildman–Crippen MR) is 66.5 cm³/mol. The first-order chi connectivity index (χ1) is 7.70. The summed E-state index contributed by atoms with van der Waals surface area (Å²) in [5.74, 6) is 1.60. The molecule has 0 aliphatic heterocycles. The number of nitrogens with two attached hydrogens (primary N) is 1. The Labute approximate surface area is 95.3 Å². The number of hydrogen-bond acceptors (Lipinski definition) is 1. The van der Waals surface area contributed by atoms with Crippen LogP contribution < -0.4 is 5.73 Å². The molecular formula is C13H12BNO. The van der Waals surface area contributed by atoms with Gasteiger partial charge in [-0.3, -0.25) is 0 Å². The van der Waals surface area contributed by atoms with E-state index >= 15 is 0 Å². The summed E-state index contributed by atoms with van der Waals surface area (Å²) in [5, 5.41) is 0. The maximum atomic E-state index is 11.2. The van der Waals surface area contributed by atoms with Crippen molar-refractivity contribution in [2.75, 3.05) is 0 Å². The predicted octanol–water partition coefficient (Wildman–Crippen LogP) is 2.10. The Morgan fingerprint density at radius 1 is 1.19 bits per heavy atom. The first kappa shape index (κ1) is 10.6. The first-order valence-corrected chi connectivity index (χ1v) is 5.15. The number of carbonyl (C=O) groups excluding carboxylic acids is 1. The van der Waals surface area contributed by atoms with Crippen LogP contribution in [0.1, 0.15) is 15.9 Å². The van der Waals surface area contributed by atoms with Crippen LogP contribution in [0.2, 0.25) is 0 Å². The summed E-state index contributed by atoms with van der Waals surface area (Å²) in [5.41, 5.74) is 8.99. The SMILES string of the molecule is Cc1c(C(N)=O)cccc1-c1bcccc1. The molecule has 16 heavy (non-hydrogen) atoms. The van der Waals surface area contributed by atoms with E-state index < -0.39 is 0 Å². The molecule has 78 valence electrons. The van der Waals surface area contributed by atoms with Crippen molar-refractivity contribution in [3.05, 3.63) is 53.5 Å². The molecule has 1 amide bonds. The van der Waals surface area contributed by atoms with Crippen molar-refractivity contribution in [3.63, 3.8) is 0 Å². The van der Waals surface area contributed by atoms with E-state index in [1.165, 1.54) is 0 Å². The number of benzene rings is 1. The molecule has 0 fully saturated rings. The molecule has 1 aromatic heterocycles. The van der Waals surface area contributed by atoms with Crippen molar-refractivity contribution in [1.82, 2.24) is 0 Å². The number of hydrogen-bond donors (Lipinski definition) is 1. The van der Waals surface area contributed by atoms with Crippen LogP contribution in [-0.2, 0) is 0 Å². The standard InChI is InChI=1S/C13H12BNO/c1-9-10(12-7-2-3-8-14-12)5-4-6-11(9)13(15)16/h2-8H,1H3,(H2,15,16). The second-order valence-electron chi connectivity index (χ2n) is 3.71. The van der Waals surface area contributed by atoms with Crippen LogP contribution in [0.25, 0.3) is 11.0 Å². The van der Waals surface area contributed by atoms with E-state index in [1.54, 1.807) is 6.07 Å². The number of primary amides is 1. The van der Waals surface area contributed by atoms with Crippen molar-refractivity contribution in [1.29, 1.82) is 0 Å². The fourth-order valence-electron chi connectivity index (χ4n) is 1.83. The Bertz CT molecular complexity index is 523. The third-order valence-electron chi connectivity index (χ3n) is 2.68. The summed E-state index contributed by atoms with van der Waals surface area (Å²) >= 11 is 0. The van der Waals surface area contributed by atoms with Crippen molar-refractivity contribution >= 4 is 12.8 Å². The van der Waals surface area contributed by atoms with Crippen molar-refractivity contribution in [2.24, 2.45) is 5.73 Å². The minimum atomic E-state index is -0.379. The maximum absolute atomic E-state index is 11.2. The Balaban J connectivity index is 2.59. The molecule has 0 aliphatic rings. The molecule has 0 atom stereocenters. The van der Waals surface area contributed by atoms with Gasteiger partial charge in [0.25, 0.3) is 0 Å². The van der Waals surface area contributed by atoms with E-state index in [0.717, 1.165) is 16.6 Å². The van der Waals surface area contributed by atoms with E-state index in [9.17, 15) is 4.79 Å². The van der Waals surface area contributed by atoms with Crippen molar-refractivity contribution in [3.8, 4) is 11.0 Å². The van der Waals surface area contributed by atoms with Crippen LogP contribution in [0.15, 0.2) is 42.4 Å². The Morgan fingerprint density at radius 3 is 2.62 bits per heavy atom. The molecule has 0 saturated carbocycles. The van der Waals surface area contributed by atoms with Gasteiger partial charge in [0.15, 0.2) is 0 Å². The van der Waals surface area contributed by atoms with Gasteiger partial charge >= 0.3 is 94.8 Å². The van der Waals surface area contributed by atoms with Gasteiger partial charge in [-0.25, -0.2) is 0 Å². The normalized spacial score (nSPS) is 9.81. The van der Waals surface area contributed by atoms with Gasteiger partial charge in [0, 0.05) is 0 Å². The molecule has 0 unspecified atom stereocenters. The summed E-state index contributed by atoms with van der Waals surface area (Å²) in [6, 6.07) is 11.6. The van der Waals surface area contributed by atoms with Crippen LogP contribution in [0.4, 0.5) is 0 Å². The van der Waals surface area contributed by atoms with Gasteiger partial charge in [0.05, 0.1) is 0 Å². The fraction of sp³-hybridized carbons (Fsp3) is 0.0769. The molecule has 0 aliphatic carbocycles. The third-order valence-corrected chi connectivity index (χ3v) is 2.68. The zero-order chi connectivity index (χ0) is 11.5. The average molecular weight is 209 g/mol. The second-order valence-corrected chi connectivity index (χ2v) is 3.71. The Morgan fingerprint density at radius 2 is 2.00 bits per heavy atom. The van der Waals surface area contributed by atoms with Crippen LogP contribution in [0.3, 0.4) is 0 Å². The van der Waals surface area contributed by atoms with E-state index in [0.29, 0.717) is 5.56 Å². The molecule has 1 aromatic carbocycles. The van der Waals surface area contributed by atoms with Crippen LogP contribution in [0.5, 0.6) is 0 Å². The monoisotopic (exact) mass is 209 g/mol. The molecule has 2 aromatic rings. The average Bonchev–Trinajstić information content (AvgIpc) is 2.30. The second kappa shape index (κ2) is 4.31. The third kappa shape index (κ3) is 1.89. The molecule has 0 bridgehead atoms. The van der Waals surface area contributed by atoms with Crippen molar-refractivity contribution < 1.29 is 4.79 Å². The molecule has 0 saturated heterocycles. The molecule has 2 nitrogen and oxygen atoms in total. The topological polar surface area (TPSA) is 43.1 Å². The summed E-state index contributed by atoms with van der Waals surface area (Å²) in [6.07, 6.45) is 0. The molecule has 0 radical (unpaired) electrons. The fourth-order valence-corrected chi connectivity index (χ4v) is 1.83. The van der Waals surface area contributed by atoms with Crippen LogP contribution >= 0.6 is 0 Å².